The molecule has 0 unspecified atom stereocenters. The molecule has 0 fully saturated rings. The molecule has 0 bridgehead atoms. The Kier molecular flexibility index (Phi) is 5.07. The lowest BCUT2D eigenvalue weighted by Gasteiger charge is -2.06. The fourth-order valence-electron chi connectivity index (χ4n) is 1.98. The standard InChI is InChI=1S/C16H17N5O2S/c1-21-14(7-8-19-21)20-16-18-11-13(24-16)15(22)17-9-10-23-12-5-3-2-4-6-12/h2-8,11H,9-10H2,1H3,(H,17,22)(H,18,20). The van der Waals surface area contributed by atoms with E-state index in [0.29, 0.717) is 23.2 Å². The maximum atomic E-state index is 12.1. The van der Waals surface area contributed by atoms with E-state index in [-0.39, 0.29) is 5.91 Å². The van der Waals surface area contributed by atoms with E-state index in [9.17, 15) is 4.79 Å². The molecule has 1 amide bonds. The van der Waals surface area contributed by atoms with Crippen molar-refractivity contribution in [3.8, 4) is 5.75 Å². The van der Waals surface area contributed by atoms with Crippen LogP contribution in [0.15, 0.2) is 48.8 Å². The predicted molar refractivity (Wildman–Crippen MR) is 92.9 cm³/mol. The van der Waals surface area contributed by atoms with Crippen molar-refractivity contribution in [2.75, 3.05) is 18.5 Å². The van der Waals surface area contributed by atoms with E-state index in [2.05, 4.69) is 20.7 Å². The van der Waals surface area contributed by atoms with Gasteiger partial charge in [0.25, 0.3) is 5.91 Å². The minimum absolute atomic E-state index is 0.165. The minimum atomic E-state index is -0.165. The highest BCUT2D eigenvalue weighted by Gasteiger charge is 2.11. The zero-order valence-electron chi connectivity index (χ0n) is 13.1. The third-order valence-electron chi connectivity index (χ3n) is 3.18. The molecule has 0 saturated heterocycles. The summed E-state index contributed by atoms with van der Waals surface area (Å²) in [6.45, 7) is 0.838. The molecule has 7 nitrogen and oxygen atoms in total. The van der Waals surface area contributed by atoms with Gasteiger partial charge < -0.3 is 15.4 Å². The molecular weight excluding hydrogens is 326 g/mol. The molecule has 0 aliphatic rings. The van der Waals surface area contributed by atoms with Gasteiger partial charge in [-0.1, -0.05) is 29.5 Å². The Morgan fingerprint density at radius 2 is 2.12 bits per heavy atom. The molecule has 0 saturated carbocycles. The van der Waals surface area contributed by atoms with Crippen LogP contribution in [0.1, 0.15) is 9.67 Å². The highest BCUT2D eigenvalue weighted by atomic mass is 32.1. The second-order valence-corrected chi connectivity index (χ2v) is 5.94. The maximum Gasteiger partial charge on any atom is 0.263 e. The van der Waals surface area contributed by atoms with Crippen molar-refractivity contribution in [3.63, 3.8) is 0 Å². The van der Waals surface area contributed by atoms with E-state index in [1.54, 1.807) is 17.1 Å². The Labute approximate surface area is 143 Å². The number of anilines is 2. The number of carbonyl (C=O) groups is 1. The van der Waals surface area contributed by atoms with Crippen LogP contribution in [0.5, 0.6) is 5.75 Å². The summed E-state index contributed by atoms with van der Waals surface area (Å²) < 4.78 is 7.23. The largest absolute Gasteiger partial charge is 0.492 e. The molecular formula is C16H17N5O2S. The van der Waals surface area contributed by atoms with Crippen molar-refractivity contribution >= 4 is 28.2 Å². The Bertz CT molecular complexity index is 800. The van der Waals surface area contributed by atoms with Gasteiger partial charge in [-0.2, -0.15) is 5.10 Å². The second-order valence-electron chi connectivity index (χ2n) is 4.91. The van der Waals surface area contributed by atoms with Gasteiger partial charge in [0.2, 0.25) is 0 Å². The van der Waals surface area contributed by atoms with Crippen molar-refractivity contribution in [1.82, 2.24) is 20.1 Å². The third kappa shape index (κ3) is 4.11. The van der Waals surface area contributed by atoms with E-state index >= 15 is 0 Å². The maximum absolute atomic E-state index is 12.1. The smallest absolute Gasteiger partial charge is 0.263 e. The summed E-state index contributed by atoms with van der Waals surface area (Å²) in [5.74, 6) is 1.43. The highest BCUT2D eigenvalue weighted by Crippen LogP contribution is 2.21. The van der Waals surface area contributed by atoms with Crippen LogP contribution < -0.4 is 15.4 Å². The normalized spacial score (nSPS) is 10.4. The van der Waals surface area contributed by atoms with Gasteiger partial charge in [0.05, 0.1) is 18.9 Å². The monoisotopic (exact) mass is 343 g/mol. The molecule has 0 aliphatic carbocycles. The van der Waals surface area contributed by atoms with E-state index in [0.717, 1.165) is 11.6 Å². The summed E-state index contributed by atoms with van der Waals surface area (Å²) in [5, 5.41) is 10.6. The van der Waals surface area contributed by atoms with Crippen molar-refractivity contribution in [1.29, 1.82) is 0 Å². The van der Waals surface area contributed by atoms with Crippen molar-refractivity contribution in [3.05, 3.63) is 53.7 Å². The van der Waals surface area contributed by atoms with E-state index in [1.165, 1.54) is 11.3 Å². The van der Waals surface area contributed by atoms with Gasteiger partial charge in [0, 0.05) is 13.1 Å². The average molecular weight is 343 g/mol. The van der Waals surface area contributed by atoms with Crippen LogP contribution in [0.4, 0.5) is 10.9 Å². The van der Waals surface area contributed by atoms with E-state index in [4.69, 9.17) is 4.74 Å². The quantitative estimate of drug-likeness (QED) is 0.644. The molecule has 8 heteroatoms. The SMILES string of the molecule is Cn1nccc1Nc1ncc(C(=O)NCCOc2ccccc2)s1. The summed E-state index contributed by atoms with van der Waals surface area (Å²) >= 11 is 1.29. The highest BCUT2D eigenvalue weighted by molar-refractivity contribution is 7.17. The molecule has 124 valence electrons. The van der Waals surface area contributed by atoms with Gasteiger partial charge in [0.1, 0.15) is 23.1 Å². The zero-order valence-corrected chi connectivity index (χ0v) is 13.9. The third-order valence-corrected chi connectivity index (χ3v) is 4.10. The number of rotatable bonds is 7. The summed E-state index contributed by atoms with van der Waals surface area (Å²) in [7, 11) is 1.83. The summed E-state index contributed by atoms with van der Waals surface area (Å²) in [6, 6.07) is 11.3. The fourth-order valence-corrected chi connectivity index (χ4v) is 2.72. The molecule has 0 atom stereocenters. The van der Waals surface area contributed by atoms with Crippen LogP contribution in [-0.4, -0.2) is 33.8 Å². The number of carbonyl (C=O) groups excluding carboxylic acids is 1. The molecule has 0 aliphatic heterocycles. The van der Waals surface area contributed by atoms with Gasteiger partial charge >= 0.3 is 0 Å². The number of ether oxygens (including phenoxy) is 1. The van der Waals surface area contributed by atoms with Crippen molar-refractivity contribution in [2.45, 2.75) is 0 Å². The Morgan fingerprint density at radius 1 is 1.29 bits per heavy atom. The molecule has 1 aromatic carbocycles. The summed E-state index contributed by atoms with van der Waals surface area (Å²) in [6.07, 6.45) is 3.24. The number of aromatic nitrogens is 3. The first-order valence-electron chi connectivity index (χ1n) is 7.39. The van der Waals surface area contributed by atoms with Crippen LogP contribution in [-0.2, 0) is 7.05 Å². The van der Waals surface area contributed by atoms with Gasteiger partial charge in [-0.05, 0) is 12.1 Å². The fraction of sp³-hybridized carbons (Fsp3) is 0.188. The Balaban J connectivity index is 1.46. The van der Waals surface area contributed by atoms with Crippen LogP contribution in [0, 0.1) is 0 Å². The number of thiazole rings is 1. The number of hydrogen-bond acceptors (Lipinski definition) is 6. The Hall–Kier alpha value is -2.87. The first-order valence-corrected chi connectivity index (χ1v) is 8.21. The van der Waals surface area contributed by atoms with Gasteiger partial charge in [-0.25, -0.2) is 4.98 Å². The number of nitrogens with zero attached hydrogens (tertiary/aromatic N) is 3. The first kappa shape index (κ1) is 16.0. The lowest BCUT2D eigenvalue weighted by Crippen LogP contribution is -2.27. The second kappa shape index (κ2) is 7.60. The van der Waals surface area contributed by atoms with E-state index in [1.807, 2.05) is 43.4 Å². The van der Waals surface area contributed by atoms with Crippen molar-refractivity contribution in [2.24, 2.45) is 7.05 Å². The molecule has 0 spiro atoms. The van der Waals surface area contributed by atoms with Gasteiger partial charge in [0.15, 0.2) is 5.13 Å². The topological polar surface area (TPSA) is 81.1 Å². The van der Waals surface area contributed by atoms with E-state index < -0.39 is 0 Å². The zero-order chi connectivity index (χ0) is 16.8. The molecule has 2 N–H and O–H groups in total. The molecule has 2 heterocycles. The number of para-hydroxylation sites is 1. The average Bonchev–Trinajstić information content (AvgIpc) is 3.23. The summed E-state index contributed by atoms with van der Waals surface area (Å²) in [4.78, 5) is 16.8. The molecule has 0 radical (unpaired) electrons. The lowest BCUT2D eigenvalue weighted by molar-refractivity contribution is 0.0951. The number of amides is 1. The molecule has 3 aromatic rings. The van der Waals surface area contributed by atoms with Gasteiger partial charge in [-0.15, -0.1) is 0 Å². The molecule has 24 heavy (non-hydrogen) atoms. The van der Waals surface area contributed by atoms with Crippen molar-refractivity contribution < 1.29 is 9.53 Å². The summed E-state index contributed by atoms with van der Waals surface area (Å²) in [5.41, 5.74) is 0. The van der Waals surface area contributed by atoms with Crippen LogP contribution in [0.2, 0.25) is 0 Å². The lowest BCUT2D eigenvalue weighted by atomic mass is 10.3. The number of aryl methyl sites for hydroxylation is 1. The van der Waals surface area contributed by atoms with Crippen LogP contribution in [0.25, 0.3) is 0 Å². The molecule has 2 aromatic heterocycles. The van der Waals surface area contributed by atoms with Crippen LogP contribution >= 0.6 is 11.3 Å². The predicted octanol–water partition coefficient (Wildman–Crippen LogP) is 2.43. The van der Waals surface area contributed by atoms with Crippen LogP contribution in [0.3, 0.4) is 0 Å². The minimum Gasteiger partial charge on any atom is -0.492 e. The Morgan fingerprint density at radius 3 is 2.88 bits per heavy atom. The van der Waals surface area contributed by atoms with Gasteiger partial charge in [-0.3, -0.25) is 9.48 Å². The molecule has 3 rings (SSSR count). The number of nitrogens with one attached hydrogen (secondary N) is 2. The number of benzene rings is 1. The first-order chi connectivity index (χ1) is 11.7. The number of hydrogen-bond donors (Lipinski definition) is 2.